The summed E-state index contributed by atoms with van der Waals surface area (Å²) in [6, 6.07) is 1.25. The molecule has 1 aromatic rings. The zero-order valence-electron chi connectivity index (χ0n) is 9.37. The number of nitrogens with zero attached hydrogens (tertiary/aromatic N) is 3. The number of nitrogens with one attached hydrogen (secondary N) is 1. The van der Waals surface area contributed by atoms with Gasteiger partial charge in [0, 0.05) is 19.2 Å². The molecule has 0 amide bonds. The predicted octanol–water partition coefficient (Wildman–Crippen LogP) is 0.737. The highest BCUT2D eigenvalue weighted by atomic mass is 19.4. The summed E-state index contributed by atoms with van der Waals surface area (Å²) in [5.41, 5.74) is 8.08. The molecule has 18 heavy (non-hydrogen) atoms. The molecule has 1 aliphatic rings. The first-order valence-electron chi connectivity index (χ1n) is 5.26. The van der Waals surface area contributed by atoms with Gasteiger partial charge in [0.25, 0.3) is 0 Å². The largest absolute Gasteiger partial charge is 0.451 e. The number of halogens is 3. The molecule has 1 aromatic heterocycles. The van der Waals surface area contributed by atoms with Gasteiger partial charge in [-0.25, -0.2) is 15.0 Å². The van der Waals surface area contributed by atoms with Crippen LogP contribution in [0.4, 0.5) is 24.8 Å². The Hall–Kier alpha value is -1.61. The van der Waals surface area contributed by atoms with E-state index in [0.717, 1.165) is 0 Å². The maximum atomic E-state index is 12.5. The van der Waals surface area contributed by atoms with Crippen LogP contribution in [0.5, 0.6) is 0 Å². The maximum absolute atomic E-state index is 12.5. The van der Waals surface area contributed by atoms with Crippen molar-refractivity contribution in [3.8, 4) is 0 Å². The van der Waals surface area contributed by atoms with E-state index in [4.69, 9.17) is 10.5 Å². The summed E-state index contributed by atoms with van der Waals surface area (Å²) in [6.45, 7) is 2.15. The molecule has 0 radical (unpaired) electrons. The predicted molar refractivity (Wildman–Crippen MR) is 57.5 cm³/mol. The van der Waals surface area contributed by atoms with Gasteiger partial charge in [0.15, 0.2) is 0 Å². The van der Waals surface area contributed by atoms with Gasteiger partial charge in [-0.1, -0.05) is 0 Å². The fraction of sp³-hybridized carbons (Fsp3) is 0.556. The van der Waals surface area contributed by atoms with Gasteiger partial charge in [0.1, 0.15) is 11.6 Å². The lowest BCUT2D eigenvalue weighted by Crippen LogP contribution is -2.40. The molecule has 1 fully saturated rings. The van der Waals surface area contributed by atoms with Crippen LogP contribution in [-0.2, 0) is 10.9 Å². The van der Waals surface area contributed by atoms with Gasteiger partial charge in [-0.05, 0) is 0 Å². The standard InChI is InChI=1S/C9H12F3N5O/c10-9(11,12)8-14-6(13)5-7(15-8)16-17-1-3-18-4-2-17/h5H,1-4H2,(H3,13,14,15,16). The van der Waals surface area contributed by atoms with Crippen molar-refractivity contribution < 1.29 is 17.9 Å². The Balaban J connectivity index is 2.14. The van der Waals surface area contributed by atoms with Gasteiger partial charge in [0.05, 0.1) is 13.2 Å². The van der Waals surface area contributed by atoms with Crippen LogP contribution >= 0.6 is 0 Å². The molecule has 1 saturated heterocycles. The van der Waals surface area contributed by atoms with Crippen LogP contribution in [0.15, 0.2) is 6.07 Å². The number of ether oxygens (including phenoxy) is 1. The fourth-order valence-corrected chi connectivity index (χ4v) is 1.49. The van der Waals surface area contributed by atoms with Gasteiger partial charge in [-0.3, -0.25) is 0 Å². The highest BCUT2D eigenvalue weighted by Gasteiger charge is 2.35. The second-order valence-electron chi connectivity index (χ2n) is 3.71. The third-order valence-electron chi connectivity index (χ3n) is 2.28. The molecule has 0 unspecified atom stereocenters. The summed E-state index contributed by atoms with van der Waals surface area (Å²) in [6.07, 6.45) is -4.61. The number of nitrogen functional groups attached to an aromatic ring is 1. The monoisotopic (exact) mass is 263 g/mol. The number of hydrazine groups is 1. The number of rotatable bonds is 2. The molecule has 0 saturated carbocycles. The number of alkyl halides is 3. The molecule has 0 aliphatic carbocycles. The van der Waals surface area contributed by atoms with Crippen molar-refractivity contribution in [3.05, 3.63) is 11.9 Å². The third-order valence-corrected chi connectivity index (χ3v) is 2.28. The maximum Gasteiger partial charge on any atom is 0.451 e. The number of hydrogen-bond donors (Lipinski definition) is 2. The van der Waals surface area contributed by atoms with Crippen LogP contribution in [0, 0.1) is 0 Å². The van der Waals surface area contributed by atoms with Crippen molar-refractivity contribution in [1.82, 2.24) is 15.0 Å². The fourth-order valence-electron chi connectivity index (χ4n) is 1.49. The Labute approximate surface area is 101 Å². The van der Waals surface area contributed by atoms with E-state index in [9.17, 15) is 13.2 Å². The lowest BCUT2D eigenvalue weighted by molar-refractivity contribution is -0.144. The summed E-state index contributed by atoms with van der Waals surface area (Å²) in [5.74, 6) is -1.46. The Morgan fingerprint density at radius 2 is 1.94 bits per heavy atom. The van der Waals surface area contributed by atoms with Crippen molar-refractivity contribution >= 4 is 11.6 Å². The van der Waals surface area contributed by atoms with Crippen molar-refractivity contribution in [2.75, 3.05) is 37.5 Å². The minimum atomic E-state index is -4.61. The number of morpholine rings is 1. The van der Waals surface area contributed by atoms with Gasteiger partial charge in [-0.2, -0.15) is 13.2 Å². The van der Waals surface area contributed by atoms with E-state index in [2.05, 4.69) is 15.4 Å². The molecular formula is C9H12F3N5O. The quantitative estimate of drug-likeness (QED) is 0.819. The first-order chi connectivity index (χ1) is 8.45. The third kappa shape index (κ3) is 3.20. The van der Waals surface area contributed by atoms with Crippen LogP contribution < -0.4 is 11.2 Å². The molecule has 2 heterocycles. The topological polar surface area (TPSA) is 76.3 Å². The van der Waals surface area contributed by atoms with E-state index in [1.54, 1.807) is 5.01 Å². The van der Waals surface area contributed by atoms with Crippen LogP contribution in [0.25, 0.3) is 0 Å². The molecule has 2 rings (SSSR count). The second-order valence-corrected chi connectivity index (χ2v) is 3.71. The lowest BCUT2D eigenvalue weighted by atomic mass is 10.4. The lowest BCUT2D eigenvalue weighted by Gasteiger charge is -2.27. The average molecular weight is 263 g/mol. The molecular weight excluding hydrogens is 251 g/mol. The molecule has 0 atom stereocenters. The van der Waals surface area contributed by atoms with Gasteiger partial charge in [-0.15, -0.1) is 0 Å². The molecule has 100 valence electrons. The van der Waals surface area contributed by atoms with Crippen LogP contribution in [-0.4, -0.2) is 41.3 Å². The zero-order chi connectivity index (χ0) is 13.2. The Kier molecular flexibility index (Phi) is 3.53. The number of nitrogens with two attached hydrogens (primary N) is 1. The van der Waals surface area contributed by atoms with E-state index < -0.39 is 12.0 Å². The summed E-state index contributed by atoms with van der Waals surface area (Å²) < 4.78 is 42.6. The summed E-state index contributed by atoms with van der Waals surface area (Å²) in [5, 5.41) is 1.71. The molecule has 6 nitrogen and oxygen atoms in total. The number of hydrogen-bond acceptors (Lipinski definition) is 6. The first kappa shape index (κ1) is 12.8. The van der Waals surface area contributed by atoms with E-state index >= 15 is 0 Å². The van der Waals surface area contributed by atoms with Gasteiger partial charge >= 0.3 is 6.18 Å². The highest BCUT2D eigenvalue weighted by Crippen LogP contribution is 2.27. The molecule has 9 heteroatoms. The summed E-state index contributed by atoms with van der Waals surface area (Å²) in [7, 11) is 0. The average Bonchev–Trinajstić information content (AvgIpc) is 2.28. The van der Waals surface area contributed by atoms with E-state index in [0.29, 0.717) is 26.3 Å². The van der Waals surface area contributed by atoms with Gasteiger partial charge in [0.2, 0.25) is 5.82 Å². The minimum Gasteiger partial charge on any atom is -0.384 e. The molecule has 3 N–H and O–H groups in total. The van der Waals surface area contributed by atoms with Crippen LogP contribution in [0.1, 0.15) is 5.82 Å². The number of aromatic nitrogens is 2. The van der Waals surface area contributed by atoms with Crippen LogP contribution in [0.2, 0.25) is 0 Å². The Morgan fingerprint density at radius 3 is 2.56 bits per heavy atom. The first-order valence-corrected chi connectivity index (χ1v) is 5.26. The molecule has 1 aliphatic heterocycles. The van der Waals surface area contributed by atoms with Crippen LogP contribution in [0.3, 0.4) is 0 Å². The Bertz CT molecular complexity index is 419. The summed E-state index contributed by atoms with van der Waals surface area (Å²) in [4.78, 5) is 6.55. The van der Waals surface area contributed by atoms with Crippen molar-refractivity contribution in [3.63, 3.8) is 0 Å². The second kappa shape index (κ2) is 4.94. The van der Waals surface area contributed by atoms with E-state index in [1.807, 2.05) is 0 Å². The number of anilines is 2. The normalized spacial score (nSPS) is 17.7. The highest BCUT2D eigenvalue weighted by molar-refractivity contribution is 5.44. The summed E-state index contributed by atoms with van der Waals surface area (Å²) >= 11 is 0. The van der Waals surface area contributed by atoms with Crippen molar-refractivity contribution in [2.45, 2.75) is 6.18 Å². The van der Waals surface area contributed by atoms with Crippen molar-refractivity contribution in [2.24, 2.45) is 0 Å². The van der Waals surface area contributed by atoms with E-state index in [-0.39, 0.29) is 11.6 Å². The molecule has 0 aromatic carbocycles. The minimum absolute atomic E-state index is 0.0247. The zero-order valence-corrected chi connectivity index (χ0v) is 9.37. The van der Waals surface area contributed by atoms with E-state index in [1.165, 1.54) is 6.07 Å². The molecule has 0 bridgehead atoms. The smallest absolute Gasteiger partial charge is 0.384 e. The Morgan fingerprint density at radius 1 is 1.28 bits per heavy atom. The van der Waals surface area contributed by atoms with Crippen molar-refractivity contribution in [1.29, 1.82) is 0 Å². The molecule has 0 spiro atoms. The van der Waals surface area contributed by atoms with Gasteiger partial charge < -0.3 is 15.9 Å². The SMILES string of the molecule is Nc1cc(NN2CCOCC2)nc(C(F)(F)F)n1.